The largest absolute Gasteiger partial charge is 0.321 e. The Morgan fingerprint density at radius 1 is 1.15 bits per heavy atom. The van der Waals surface area contributed by atoms with Gasteiger partial charge < -0.3 is 5.32 Å². The molecule has 6 nitrogen and oxygen atoms in total. The minimum Gasteiger partial charge on any atom is -0.321 e. The lowest BCUT2D eigenvalue weighted by atomic mass is 10.1. The number of hydrogen-bond acceptors (Lipinski definition) is 5. The number of aromatic nitrogens is 3. The summed E-state index contributed by atoms with van der Waals surface area (Å²) in [6.45, 7) is 2.21. The van der Waals surface area contributed by atoms with Crippen LogP contribution in [-0.2, 0) is 6.54 Å². The molecule has 0 atom stereocenters. The Morgan fingerprint density at radius 2 is 1.96 bits per heavy atom. The van der Waals surface area contributed by atoms with Gasteiger partial charge in [0.25, 0.3) is 11.5 Å². The lowest BCUT2D eigenvalue weighted by molar-refractivity contribution is 0.102. The molecule has 4 aromatic rings. The van der Waals surface area contributed by atoms with Crippen LogP contribution in [0.3, 0.4) is 0 Å². The van der Waals surface area contributed by atoms with Crippen molar-refractivity contribution in [2.75, 3.05) is 5.32 Å². The first-order valence-electron chi connectivity index (χ1n) is 8.48. The number of rotatable bonds is 4. The second-order valence-corrected chi connectivity index (χ2v) is 6.78. The number of carbonyl (C=O) groups is 1. The Hall–Kier alpha value is -3.32. The van der Waals surface area contributed by atoms with Crippen LogP contribution >= 0.6 is 11.3 Å². The molecule has 0 aliphatic heterocycles. The van der Waals surface area contributed by atoms with Crippen molar-refractivity contribution in [2.45, 2.75) is 13.5 Å². The van der Waals surface area contributed by atoms with Crippen LogP contribution in [-0.4, -0.2) is 20.7 Å². The van der Waals surface area contributed by atoms with Crippen LogP contribution < -0.4 is 10.9 Å². The highest BCUT2D eigenvalue weighted by molar-refractivity contribution is 7.13. The Labute approximate surface area is 159 Å². The van der Waals surface area contributed by atoms with E-state index >= 15 is 0 Å². The van der Waals surface area contributed by atoms with Crippen LogP contribution in [0.15, 0.2) is 64.9 Å². The van der Waals surface area contributed by atoms with E-state index in [0.717, 1.165) is 10.6 Å². The summed E-state index contributed by atoms with van der Waals surface area (Å²) in [6.07, 6.45) is 1.75. The van der Waals surface area contributed by atoms with E-state index in [2.05, 4.69) is 15.4 Å². The third-order valence-corrected chi connectivity index (χ3v) is 5.00. The van der Waals surface area contributed by atoms with E-state index in [1.165, 1.54) is 16.0 Å². The first kappa shape index (κ1) is 17.1. The van der Waals surface area contributed by atoms with Gasteiger partial charge in [0.1, 0.15) is 5.01 Å². The SMILES string of the molecule is CCn1nc(C(=O)Nc2cccc(-c3nccs3)c2)c2ccccc2c1=O. The Bertz CT molecular complexity index is 1180. The van der Waals surface area contributed by atoms with Crippen molar-refractivity contribution >= 4 is 33.7 Å². The standard InChI is InChI=1S/C20H16N4O2S/c1-2-24-20(26)16-9-4-3-8-15(16)17(23-24)18(25)22-14-7-5-6-13(12-14)19-21-10-11-27-19/h3-12H,2H2,1H3,(H,22,25). The van der Waals surface area contributed by atoms with E-state index in [1.54, 1.807) is 30.5 Å². The minimum atomic E-state index is -0.357. The number of hydrogen-bond donors (Lipinski definition) is 1. The van der Waals surface area contributed by atoms with Gasteiger partial charge in [-0.05, 0) is 25.1 Å². The number of aryl methyl sites for hydroxylation is 1. The number of amides is 1. The van der Waals surface area contributed by atoms with Crippen molar-refractivity contribution < 1.29 is 4.79 Å². The van der Waals surface area contributed by atoms with Gasteiger partial charge in [0.15, 0.2) is 5.69 Å². The lowest BCUT2D eigenvalue weighted by Crippen LogP contribution is -2.27. The van der Waals surface area contributed by atoms with Gasteiger partial charge in [-0.1, -0.05) is 30.3 Å². The summed E-state index contributed by atoms with van der Waals surface area (Å²) >= 11 is 1.53. The predicted molar refractivity (Wildman–Crippen MR) is 107 cm³/mol. The summed E-state index contributed by atoms with van der Waals surface area (Å²) in [6, 6.07) is 14.5. The molecule has 0 fully saturated rings. The van der Waals surface area contributed by atoms with Gasteiger partial charge >= 0.3 is 0 Å². The molecule has 7 heteroatoms. The molecule has 1 amide bonds. The molecule has 27 heavy (non-hydrogen) atoms. The maximum Gasteiger partial charge on any atom is 0.276 e. The summed E-state index contributed by atoms with van der Waals surface area (Å²) in [5, 5.41) is 11.0. The van der Waals surface area contributed by atoms with Gasteiger partial charge in [-0.3, -0.25) is 9.59 Å². The van der Waals surface area contributed by atoms with Gasteiger partial charge in [-0.15, -0.1) is 11.3 Å². The van der Waals surface area contributed by atoms with Crippen molar-refractivity contribution in [3.05, 3.63) is 76.2 Å². The van der Waals surface area contributed by atoms with E-state index in [-0.39, 0.29) is 17.2 Å². The maximum atomic E-state index is 12.9. The first-order valence-corrected chi connectivity index (χ1v) is 9.36. The summed E-state index contributed by atoms with van der Waals surface area (Å²) in [5.74, 6) is -0.357. The molecule has 0 saturated heterocycles. The van der Waals surface area contributed by atoms with E-state index < -0.39 is 0 Å². The number of fused-ring (bicyclic) bond motifs is 1. The smallest absolute Gasteiger partial charge is 0.276 e. The molecule has 0 aliphatic rings. The summed E-state index contributed by atoms with van der Waals surface area (Å²) in [4.78, 5) is 29.6. The van der Waals surface area contributed by atoms with E-state index in [9.17, 15) is 9.59 Å². The third kappa shape index (κ3) is 3.24. The molecular formula is C20H16N4O2S. The quantitative estimate of drug-likeness (QED) is 0.588. The molecule has 4 rings (SSSR count). The van der Waals surface area contributed by atoms with Crippen LogP contribution in [0.4, 0.5) is 5.69 Å². The fraction of sp³-hybridized carbons (Fsp3) is 0.100. The average Bonchev–Trinajstić information content (AvgIpc) is 3.23. The van der Waals surface area contributed by atoms with E-state index in [0.29, 0.717) is 23.0 Å². The summed E-state index contributed by atoms with van der Waals surface area (Å²) in [5.41, 5.74) is 1.61. The molecule has 0 saturated carbocycles. The summed E-state index contributed by atoms with van der Waals surface area (Å²) in [7, 11) is 0. The molecule has 1 N–H and O–H groups in total. The normalized spacial score (nSPS) is 10.9. The molecule has 2 heterocycles. The van der Waals surface area contributed by atoms with Crippen molar-refractivity contribution in [1.29, 1.82) is 0 Å². The molecule has 0 bridgehead atoms. The van der Waals surface area contributed by atoms with Crippen molar-refractivity contribution in [3.63, 3.8) is 0 Å². The zero-order chi connectivity index (χ0) is 18.8. The highest BCUT2D eigenvalue weighted by atomic mass is 32.1. The molecule has 134 valence electrons. The van der Waals surface area contributed by atoms with Crippen LogP contribution in [0, 0.1) is 0 Å². The molecule has 0 aliphatic carbocycles. The topological polar surface area (TPSA) is 76.9 Å². The molecular weight excluding hydrogens is 360 g/mol. The minimum absolute atomic E-state index is 0.199. The van der Waals surface area contributed by atoms with Gasteiger partial charge in [-0.25, -0.2) is 9.67 Å². The Balaban J connectivity index is 1.73. The van der Waals surface area contributed by atoms with Gasteiger partial charge in [0.05, 0.1) is 5.39 Å². The molecule has 0 radical (unpaired) electrons. The molecule has 0 spiro atoms. The van der Waals surface area contributed by atoms with Gasteiger partial charge in [-0.2, -0.15) is 5.10 Å². The summed E-state index contributed by atoms with van der Waals surface area (Å²) < 4.78 is 1.31. The second kappa shape index (κ2) is 7.13. The van der Waals surface area contributed by atoms with Crippen LogP contribution in [0.5, 0.6) is 0 Å². The average molecular weight is 376 g/mol. The van der Waals surface area contributed by atoms with Crippen molar-refractivity contribution in [1.82, 2.24) is 14.8 Å². The highest BCUT2D eigenvalue weighted by Gasteiger charge is 2.16. The second-order valence-electron chi connectivity index (χ2n) is 5.89. The number of carbonyl (C=O) groups excluding carboxylic acids is 1. The van der Waals surface area contributed by atoms with Gasteiger partial charge in [0.2, 0.25) is 0 Å². The maximum absolute atomic E-state index is 12.9. The fourth-order valence-electron chi connectivity index (χ4n) is 2.90. The number of nitrogens with one attached hydrogen (secondary N) is 1. The van der Waals surface area contributed by atoms with Gasteiger partial charge in [0, 0.05) is 34.8 Å². The number of benzene rings is 2. The predicted octanol–water partition coefficient (Wildman–Crippen LogP) is 3.79. The monoisotopic (exact) mass is 376 g/mol. The zero-order valence-electron chi connectivity index (χ0n) is 14.5. The number of anilines is 1. The van der Waals surface area contributed by atoms with Crippen molar-refractivity contribution in [3.8, 4) is 10.6 Å². The molecule has 2 aromatic heterocycles. The Kier molecular flexibility index (Phi) is 4.52. The molecule has 2 aromatic carbocycles. The fourth-order valence-corrected chi connectivity index (χ4v) is 3.54. The lowest BCUT2D eigenvalue weighted by Gasteiger charge is -2.10. The van der Waals surface area contributed by atoms with Crippen LogP contribution in [0.25, 0.3) is 21.3 Å². The van der Waals surface area contributed by atoms with Crippen molar-refractivity contribution in [2.24, 2.45) is 0 Å². The van der Waals surface area contributed by atoms with Crippen LogP contribution in [0.1, 0.15) is 17.4 Å². The van der Waals surface area contributed by atoms with E-state index in [4.69, 9.17) is 0 Å². The van der Waals surface area contributed by atoms with Crippen LogP contribution in [0.2, 0.25) is 0 Å². The Morgan fingerprint density at radius 3 is 2.70 bits per heavy atom. The third-order valence-electron chi connectivity index (χ3n) is 4.18. The number of thiazole rings is 1. The first-order chi connectivity index (χ1) is 13.2. The number of nitrogens with zero attached hydrogens (tertiary/aromatic N) is 3. The highest BCUT2D eigenvalue weighted by Crippen LogP contribution is 2.25. The molecule has 0 unspecified atom stereocenters. The zero-order valence-corrected chi connectivity index (χ0v) is 15.4. The van der Waals surface area contributed by atoms with E-state index in [1.807, 2.05) is 36.6 Å².